The highest BCUT2D eigenvalue weighted by Crippen LogP contribution is 2.32. The quantitative estimate of drug-likeness (QED) is 0.377. The van der Waals surface area contributed by atoms with Gasteiger partial charge < -0.3 is 14.2 Å². The van der Waals surface area contributed by atoms with Gasteiger partial charge in [-0.2, -0.15) is 18.4 Å². The third kappa shape index (κ3) is 6.01. The first-order valence-corrected chi connectivity index (χ1v) is 8.54. The van der Waals surface area contributed by atoms with Gasteiger partial charge in [-0.25, -0.2) is 4.79 Å². The van der Waals surface area contributed by atoms with Crippen molar-refractivity contribution in [1.29, 1.82) is 5.26 Å². The van der Waals surface area contributed by atoms with Crippen molar-refractivity contribution in [2.24, 2.45) is 0 Å². The minimum absolute atomic E-state index is 0.0955. The molecule has 0 unspecified atom stereocenters. The SMILES string of the molecule is CCOC(=O)/C(C#N)=C\c1ccc(OCc2cccc(C(F)(F)F)c2)c(OC)c1. The molecule has 0 aliphatic heterocycles. The molecule has 0 atom stereocenters. The summed E-state index contributed by atoms with van der Waals surface area (Å²) in [6.45, 7) is 1.68. The molecule has 5 nitrogen and oxygen atoms in total. The molecule has 0 amide bonds. The summed E-state index contributed by atoms with van der Waals surface area (Å²) >= 11 is 0. The van der Waals surface area contributed by atoms with Crippen molar-refractivity contribution in [2.75, 3.05) is 13.7 Å². The van der Waals surface area contributed by atoms with E-state index in [9.17, 15) is 18.0 Å². The van der Waals surface area contributed by atoms with Crippen LogP contribution in [0.5, 0.6) is 11.5 Å². The molecular formula is C21H18F3NO4. The molecule has 0 radical (unpaired) electrons. The average molecular weight is 405 g/mol. The van der Waals surface area contributed by atoms with Crippen LogP contribution in [0.4, 0.5) is 13.2 Å². The molecule has 0 spiro atoms. The van der Waals surface area contributed by atoms with Gasteiger partial charge in [-0.3, -0.25) is 0 Å². The fraction of sp³-hybridized carbons (Fsp3) is 0.238. The summed E-state index contributed by atoms with van der Waals surface area (Å²) in [7, 11) is 1.40. The van der Waals surface area contributed by atoms with Gasteiger partial charge >= 0.3 is 12.1 Å². The first kappa shape index (κ1) is 21.8. The Balaban J connectivity index is 2.19. The smallest absolute Gasteiger partial charge is 0.416 e. The zero-order chi connectivity index (χ0) is 21.4. The number of ether oxygens (including phenoxy) is 3. The second-order valence-electron chi connectivity index (χ2n) is 5.79. The molecule has 0 fully saturated rings. The Morgan fingerprint density at radius 2 is 1.93 bits per heavy atom. The zero-order valence-electron chi connectivity index (χ0n) is 15.7. The van der Waals surface area contributed by atoms with Gasteiger partial charge in [0.1, 0.15) is 18.2 Å². The Morgan fingerprint density at radius 1 is 1.17 bits per heavy atom. The summed E-state index contributed by atoms with van der Waals surface area (Å²) in [6, 6.07) is 11.3. The van der Waals surface area contributed by atoms with E-state index in [0.717, 1.165) is 12.1 Å². The van der Waals surface area contributed by atoms with Crippen LogP contribution in [-0.2, 0) is 22.3 Å². The highest BCUT2D eigenvalue weighted by atomic mass is 19.4. The van der Waals surface area contributed by atoms with E-state index in [1.165, 1.54) is 31.4 Å². The molecule has 2 aromatic carbocycles. The summed E-state index contributed by atoms with van der Waals surface area (Å²) in [6.07, 6.45) is -3.09. The maximum atomic E-state index is 12.8. The van der Waals surface area contributed by atoms with Gasteiger partial charge in [0.25, 0.3) is 0 Å². The van der Waals surface area contributed by atoms with Crippen molar-refractivity contribution in [3.05, 3.63) is 64.7 Å². The fourth-order valence-corrected chi connectivity index (χ4v) is 2.40. The number of hydrogen-bond donors (Lipinski definition) is 0. The summed E-state index contributed by atoms with van der Waals surface area (Å²) in [4.78, 5) is 11.7. The third-order valence-electron chi connectivity index (χ3n) is 3.76. The molecule has 2 aromatic rings. The number of nitriles is 1. The van der Waals surface area contributed by atoms with E-state index < -0.39 is 17.7 Å². The number of nitrogens with zero attached hydrogens (tertiary/aromatic N) is 1. The van der Waals surface area contributed by atoms with Crippen LogP contribution in [-0.4, -0.2) is 19.7 Å². The van der Waals surface area contributed by atoms with Crippen molar-refractivity contribution < 1.29 is 32.2 Å². The first-order chi connectivity index (χ1) is 13.8. The van der Waals surface area contributed by atoms with E-state index in [-0.39, 0.29) is 18.8 Å². The van der Waals surface area contributed by atoms with Crippen molar-refractivity contribution >= 4 is 12.0 Å². The molecule has 0 heterocycles. The van der Waals surface area contributed by atoms with Crippen LogP contribution in [0.15, 0.2) is 48.0 Å². The van der Waals surface area contributed by atoms with E-state index in [0.29, 0.717) is 22.6 Å². The number of hydrogen-bond acceptors (Lipinski definition) is 5. The minimum Gasteiger partial charge on any atom is -0.493 e. The van der Waals surface area contributed by atoms with Crippen LogP contribution in [0.1, 0.15) is 23.6 Å². The lowest BCUT2D eigenvalue weighted by Crippen LogP contribution is -2.06. The first-order valence-electron chi connectivity index (χ1n) is 8.54. The topological polar surface area (TPSA) is 68.6 Å². The third-order valence-corrected chi connectivity index (χ3v) is 3.76. The Morgan fingerprint density at radius 3 is 2.55 bits per heavy atom. The Labute approximate surface area is 165 Å². The molecule has 0 aromatic heterocycles. The van der Waals surface area contributed by atoms with Crippen molar-refractivity contribution in [2.45, 2.75) is 19.7 Å². The fourth-order valence-electron chi connectivity index (χ4n) is 2.40. The van der Waals surface area contributed by atoms with Gasteiger partial charge in [-0.05, 0) is 48.4 Å². The van der Waals surface area contributed by atoms with E-state index in [2.05, 4.69) is 0 Å². The Bertz CT molecular complexity index is 946. The van der Waals surface area contributed by atoms with Crippen LogP contribution in [0.3, 0.4) is 0 Å². The number of alkyl halides is 3. The number of rotatable bonds is 7. The molecule has 8 heteroatoms. The Kier molecular flexibility index (Phi) is 7.26. The summed E-state index contributed by atoms with van der Waals surface area (Å²) in [5.41, 5.74) is -0.0848. The lowest BCUT2D eigenvalue weighted by atomic mass is 10.1. The van der Waals surface area contributed by atoms with Crippen molar-refractivity contribution in [3.63, 3.8) is 0 Å². The predicted octanol–water partition coefficient (Wildman–Crippen LogP) is 4.76. The maximum absolute atomic E-state index is 12.8. The highest BCUT2D eigenvalue weighted by Gasteiger charge is 2.30. The van der Waals surface area contributed by atoms with Gasteiger partial charge in [0, 0.05) is 0 Å². The molecule has 0 saturated heterocycles. The lowest BCUT2D eigenvalue weighted by Gasteiger charge is -2.13. The number of esters is 1. The number of benzene rings is 2. The van der Waals surface area contributed by atoms with Gasteiger partial charge in [0.2, 0.25) is 0 Å². The number of methoxy groups -OCH3 is 1. The standard InChI is InChI=1S/C21H18F3NO4/c1-3-28-20(26)16(12-25)9-14-7-8-18(19(11-14)27-2)29-13-15-5-4-6-17(10-15)21(22,23)24/h4-11H,3,13H2,1-2H3/b16-9-. The molecule has 152 valence electrons. The van der Waals surface area contributed by atoms with Crippen LogP contribution in [0.25, 0.3) is 6.08 Å². The van der Waals surface area contributed by atoms with Gasteiger partial charge in [-0.15, -0.1) is 0 Å². The number of halogens is 3. The van der Waals surface area contributed by atoms with Gasteiger partial charge in [-0.1, -0.05) is 18.2 Å². The number of carbonyl (C=O) groups is 1. The molecule has 2 rings (SSSR count). The van der Waals surface area contributed by atoms with E-state index in [1.54, 1.807) is 25.1 Å². The molecule has 29 heavy (non-hydrogen) atoms. The van der Waals surface area contributed by atoms with Crippen LogP contribution in [0.2, 0.25) is 0 Å². The largest absolute Gasteiger partial charge is 0.493 e. The highest BCUT2D eigenvalue weighted by molar-refractivity contribution is 5.97. The van der Waals surface area contributed by atoms with Crippen LogP contribution < -0.4 is 9.47 Å². The molecule has 0 aliphatic rings. The second kappa shape index (κ2) is 9.64. The molecule has 0 saturated carbocycles. The summed E-state index contributed by atoms with van der Waals surface area (Å²) in [5.74, 6) is -0.137. The monoisotopic (exact) mass is 405 g/mol. The maximum Gasteiger partial charge on any atom is 0.416 e. The molecule has 0 bridgehead atoms. The normalized spacial score (nSPS) is 11.5. The van der Waals surface area contributed by atoms with Crippen molar-refractivity contribution in [1.82, 2.24) is 0 Å². The second-order valence-corrected chi connectivity index (χ2v) is 5.79. The molecule has 0 N–H and O–H groups in total. The van der Waals surface area contributed by atoms with E-state index in [1.807, 2.05) is 0 Å². The van der Waals surface area contributed by atoms with E-state index >= 15 is 0 Å². The van der Waals surface area contributed by atoms with Crippen LogP contribution in [0, 0.1) is 11.3 Å². The Hall–Kier alpha value is -3.47. The zero-order valence-corrected chi connectivity index (χ0v) is 15.7. The molecule has 0 aliphatic carbocycles. The number of carbonyl (C=O) groups excluding carboxylic acids is 1. The lowest BCUT2D eigenvalue weighted by molar-refractivity contribution is -0.138. The van der Waals surface area contributed by atoms with Gasteiger partial charge in [0.15, 0.2) is 11.5 Å². The minimum atomic E-state index is -4.43. The van der Waals surface area contributed by atoms with Gasteiger partial charge in [0.05, 0.1) is 19.3 Å². The van der Waals surface area contributed by atoms with Crippen molar-refractivity contribution in [3.8, 4) is 17.6 Å². The summed E-state index contributed by atoms with van der Waals surface area (Å²) in [5, 5.41) is 9.10. The van der Waals surface area contributed by atoms with E-state index in [4.69, 9.17) is 19.5 Å². The molecular weight excluding hydrogens is 387 g/mol. The predicted molar refractivity (Wildman–Crippen MR) is 99.0 cm³/mol. The van der Waals surface area contributed by atoms with Crippen LogP contribution >= 0.6 is 0 Å². The average Bonchev–Trinajstić information content (AvgIpc) is 2.70. The summed E-state index contributed by atoms with van der Waals surface area (Å²) < 4.78 is 54.1.